The number of rotatable bonds is 8. The quantitative estimate of drug-likeness (QED) is 0.310. The van der Waals surface area contributed by atoms with Crippen LogP contribution in [0.5, 0.6) is 0 Å². The minimum atomic E-state index is 0. The summed E-state index contributed by atoms with van der Waals surface area (Å²) >= 11 is 0. The third-order valence-corrected chi connectivity index (χ3v) is 7.52. The van der Waals surface area contributed by atoms with Crippen molar-refractivity contribution in [2.24, 2.45) is 23.2 Å². The van der Waals surface area contributed by atoms with Gasteiger partial charge in [-0.1, -0.05) is 0 Å². The predicted octanol–water partition coefficient (Wildman–Crippen LogP) is 4.43. The summed E-state index contributed by atoms with van der Waals surface area (Å²) in [6.07, 6.45) is 15.5. The molecular formula is C21H40Cl2N4. The van der Waals surface area contributed by atoms with E-state index in [4.69, 9.17) is 5.41 Å². The van der Waals surface area contributed by atoms with Gasteiger partial charge < -0.3 is 15.5 Å². The molecule has 3 N–H and O–H groups in total. The van der Waals surface area contributed by atoms with Gasteiger partial charge in [0, 0.05) is 13.1 Å². The molecule has 4 nitrogen and oxygen atoms in total. The van der Waals surface area contributed by atoms with Crippen LogP contribution in [0.3, 0.4) is 0 Å². The highest BCUT2D eigenvalue weighted by Crippen LogP contribution is 2.61. The fourth-order valence-electron chi connectivity index (χ4n) is 6.79. The molecule has 5 aliphatic rings. The molecule has 0 amide bonds. The molecule has 4 aliphatic carbocycles. The Hall–Kier alpha value is -0.190. The van der Waals surface area contributed by atoms with Crippen molar-refractivity contribution >= 4 is 30.8 Å². The third kappa shape index (κ3) is 6.14. The second kappa shape index (κ2) is 10.5. The van der Waals surface area contributed by atoms with Gasteiger partial charge in [-0.05, 0) is 113 Å². The number of unbranched alkanes of at least 4 members (excludes halogenated alkanes) is 1. The largest absolute Gasteiger partial charge is 0.357 e. The van der Waals surface area contributed by atoms with Gasteiger partial charge in [0.25, 0.3) is 0 Å². The number of halogens is 2. The van der Waals surface area contributed by atoms with Gasteiger partial charge in [-0.3, -0.25) is 5.41 Å². The van der Waals surface area contributed by atoms with Gasteiger partial charge in [0.15, 0.2) is 5.96 Å². The zero-order chi connectivity index (χ0) is 17.1. The average molecular weight is 419 g/mol. The molecule has 0 atom stereocenters. The van der Waals surface area contributed by atoms with Crippen LogP contribution >= 0.6 is 24.8 Å². The van der Waals surface area contributed by atoms with Gasteiger partial charge in [0.05, 0.1) is 0 Å². The molecule has 1 saturated heterocycles. The molecule has 0 aromatic rings. The lowest BCUT2D eigenvalue weighted by Crippen LogP contribution is -2.47. The first kappa shape index (κ1) is 23.1. The first-order valence-electron chi connectivity index (χ1n) is 11.0. The maximum atomic E-state index is 8.10. The van der Waals surface area contributed by atoms with Crippen molar-refractivity contribution in [2.45, 2.75) is 70.6 Å². The molecule has 0 aromatic carbocycles. The summed E-state index contributed by atoms with van der Waals surface area (Å²) in [4.78, 5) is 2.58. The van der Waals surface area contributed by atoms with Crippen molar-refractivity contribution in [2.75, 3.05) is 32.7 Å². The van der Waals surface area contributed by atoms with Crippen molar-refractivity contribution in [3.63, 3.8) is 0 Å². The average Bonchev–Trinajstić information content (AvgIpc) is 3.06. The highest BCUT2D eigenvalue weighted by molar-refractivity contribution is 5.85. The Morgan fingerprint density at radius 2 is 1.41 bits per heavy atom. The normalized spacial score (nSPS) is 34.0. The Balaban J connectivity index is 0.00000131. The van der Waals surface area contributed by atoms with Gasteiger partial charge in [-0.15, -0.1) is 24.8 Å². The number of hydrogen-bond donors (Lipinski definition) is 3. The number of hydrogen-bond acceptors (Lipinski definition) is 2. The van der Waals surface area contributed by atoms with Crippen LogP contribution in [-0.2, 0) is 0 Å². The molecule has 6 heteroatoms. The fraction of sp³-hybridized carbons (Fsp3) is 0.952. The molecule has 0 radical (unpaired) electrons. The Bertz CT molecular complexity index is 430. The van der Waals surface area contributed by atoms with E-state index in [1.165, 1.54) is 90.3 Å². The molecule has 4 bridgehead atoms. The Morgan fingerprint density at radius 3 is 2.00 bits per heavy atom. The van der Waals surface area contributed by atoms with E-state index in [0.717, 1.165) is 30.8 Å². The zero-order valence-corrected chi connectivity index (χ0v) is 18.4. The fourth-order valence-corrected chi connectivity index (χ4v) is 6.79. The van der Waals surface area contributed by atoms with Crippen LogP contribution < -0.4 is 10.6 Å². The standard InChI is InChI=1S/C21H38N4.2ClH/c22-20(23-6-1-2-8-25-9-3-4-10-25)24-7-5-21-14-17-11-18(15-21)13-19(12-17)16-21;;/h17-19H,1-16H2,(H3,22,23,24);2*1H. The molecule has 158 valence electrons. The van der Waals surface area contributed by atoms with Gasteiger partial charge >= 0.3 is 0 Å². The molecular weight excluding hydrogens is 379 g/mol. The highest BCUT2D eigenvalue weighted by Gasteiger charge is 2.50. The first-order valence-corrected chi connectivity index (χ1v) is 11.0. The van der Waals surface area contributed by atoms with Gasteiger partial charge in [-0.25, -0.2) is 0 Å². The number of nitrogens with one attached hydrogen (secondary N) is 3. The van der Waals surface area contributed by atoms with Crippen molar-refractivity contribution in [1.82, 2.24) is 15.5 Å². The lowest BCUT2D eigenvalue weighted by atomic mass is 9.49. The van der Waals surface area contributed by atoms with Crippen molar-refractivity contribution < 1.29 is 0 Å². The van der Waals surface area contributed by atoms with Crippen LogP contribution in [0.2, 0.25) is 0 Å². The van der Waals surface area contributed by atoms with Crippen molar-refractivity contribution in [1.29, 1.82) is 5.41 Å². The summed E-state index contributed by atoms with van der Waals surface area (Å²) in [6, 6.07) is 0. The minimum Gasteiger partial charge on any atom is -0.357 e. The smallest absolute Gasteiger partial charge is 0.188 e. The molecule has 5 rings (SSSR count). The second-order valence-electron chi connectivity index (χ2n) is 9.65. The molecule has 0 spiro atoms. The van der Waals surface area contributed by atoms with Crippen LogP contribution in [0.15, 0.2) is 0 Å². The molecule has 27 heavy (non-hydrogen) atoms. The lowest BCUT2D eigenvalue weighted by molar-refractivity contribution is -0.0562. The van der Waals surface area contributed by atoms with E-state index < -0.39 is 0 Å². The van der Waals surface area contributed by atoms with E-state index in [1.807, 2.05) is 0 Å². The monoisotopic (exact) mass is 418 g/mol. The maximum absolute atomic E-state index is 8.10. The van der Waals surface area contributed by atoms with Crippen LogP contribution in [0, 0.1) is 28.6 Å². The number of nitrogens with zero attached hydrogens (tertiary/aromatic N) is 1. The summed E-state index contributed by atoms with van der Waals surface area (Å²) in [7, 11) is 0. The van der Waals surface area contributed by atoms with E-state index in [2.05, 4.69) is 15.5 Å². The van der Waals surface area contributed by atoms with Gasteiger partial charge in [0.1, 0.15) is 0 Å². The topological polar surface area (TPSA) is 51.2 Å². The third-order valence-electron chi connectivity index (χ3n) is 7.52. The van der Waals surface area contributed by atoms with Gasteiger partial charge in [0.2, 0.25) is 0 Å². The molecule has 5 fully saturated rings. The Kier molecular flexibility index (Phi) is 9.02. The maximum Gasteiger partial charge on any atom is 0.188 e. The highest BCUT2D eigenvalue weighted by atomic mass is 35.5. The second-order valence-corrected chi connectivity index (χ2v) is 9.65. The van der Waals surface area contributed by atoms with E-state index in [1.54, 1.807) is 0 Å². The van der Waals surface area contributed by atoms with Crippen LogP contribution in [-0.4, -0.2) is 43.6 Å². The van der Waals surface area contributed by atoms with Crippen LogP contribution in [0.1, 0.15) is 70.6 Å². The van der Waals surface area contributed by atoms with E-state index >= 15 is 0 Å². The number of guanidine groups is 1. The molecule has 4 saturated carbocycles. The molecule has 1 heterocycles. The van der Waals surface area contributed by atoms with Crippen LogP contribution in [0.4, 0.5) is 0 Å². The van der Waals surface area contributed by atoms with Crippen molar-refractivity contribution in [3.05, 3.63) is 0 Å². The lowest BCUT2D eigenvalue weighted by Gasteiger charge is -2.57. The summed E-state index contributed by atoms with van der Waals surface area (Å²) in [6.45, 7) is 5.78. The summed E-state index contributed by atoms with van der Waals surface area (Å²) in [5.74, 6) is 3.67. The van der Waals surface area contributed by atoms with Crippen molar-refractivity contribution in [3.8, 4) is 0 Å². The number of likely N-dealkylation sites (tertiary alicyclic amines) is 1. The van der Waals surface area contributed by atoms with E-state index in [9.17, 15) is 0 Å². The Morgan fingerprint density at radius 1 is 0.852 bits per heavy atom. The van der Waals surface area contributed by atoms with Crippen LogP contribution in [0.25, 0.3) is 0 Å². The first-order chi connectivity index (χ1) is 12.2. The summed E-state index contributed by atoms with van der Waals surface area (Å²) < 4.78 is 0. The summed E-state index contributed by atoms with van der Waals surface area (Å²) in [5.41, 5.74) is 0.637. The summed E-state index contributed by atoms with van der Waals surface area (Å²) in [5, 5.41) is 14.7. The van der Waals surface area contributed by atoms with E-state index in [0.29, 0.717) is 11.4 Å². The Labute approximate surface area is 178 Å². The molecule has 0 unspecified atom stereocenters. The predicted molar refractivity (Wildman–Crippen MR) is 118 cm³/mol. The molecule has 0 aromatic heterocycles. The van der Waals surface area contributed by atoms with E-state index in [-0.39, 0.29) is 24.8 Å². The SMILES string of the molecule is Cl.Cl.N=C(NCCCCN1CCCC1)NCCC12CC3CC(CC(C3)C1)C2. The van der Waals surface area contributed by atoms with Gasteiger partial charge in [-0.2, -0.15) is 0 Å². The minimum absolute atomic E-state index is 0. The zero-order valence-electron chi connectivity index (χ0n) is 16.8. The molecule has 1 aliphatic heterocycles.